The van der Waals surface area contributed by atoms with Crippen LogP contribution in [0.25, 0.3) is 0 Å². The van der Waals surface area contributed by atoms with Crippen LogP contribution in [-0.2, 0) is 9.59 Å². The molecule has 1 aromatic rings. The molecular formula is C29H40N4O2S. The SMILES string of the molecule is CC(=NSc1ccccc1)N1CCN(C[C@@H]2CCCC[C@H]2CN2C(=O)[C@@H]3[C@@H]4CC[C@H](C4)[C@@H]3C2=O)CC1. The number of carbonyl (C=O) groups excluding carboxylic acids is 2. The molecule has 6 atom stereocenters. The van der Waals surface area contributed by atoms with Crippen LogP contribution >= 0.6 is 11.9 Å². The highest BCUT2D eigenvalue weighted by molar-refractivity contribution is 7.98. The average Bonchev–Trinajstić information content (AvgIpc) is 3.60. The van der Waals surface area contributed by atoms with Gasteiger partial charge in [0.15, 0.2) is 0 Å². The van der Waals surface area contributed by atoms with Crippen LogP contribution in [0.3, 0.4) is 0 Å². The summed E-state index contributed by atoms with van der Waals surface area (Å²) in [4.78, 5) is 34.5. The highest BCUT2D eigenvalue weighted by Crippen LogP contribution is 2.56. The highest BCUT2D eigenvalue weighted by atomic mass is 32.2. The lowest BCUT2D eigenvalue weighted by atomic mass is 9.78. The molecule has 1 aromatic carbocycles. The van der Waals surface area contributed by atoms with Gasteiger partial charge < -0.3 is 4.90 Å². The molecule has 7 heteroatoms. The van der Waals surface area contributed by atoms with Gasteiger partial charge in [0, 0.05) is 56.1 Å². The van der Waals surface area contributed by atoms with Gasteiger partial charge in [-0.1, -0.05) is 31.0 Å². The Morgan fingerprint density at radius 2 is 1.47 bits per heavy atom. The first-order valence-corrected chi connectivity index (χ1v) is 14.9. The Hall–Kier alpha value is -1.86. The Balaban J connectivity index is 1.02. The molecule has 2 heterocycles. The third-order valence-corrected chi connectivity index (χ3v) is 10.7. The second-order valence-corrected chi connectivity index (χ2v) is 12.6. The molecule has 5 aliphatic rings. The maximum absolute atomic E-state index is 13.3. The number of amidine groups is 1. The fraction of sp³-hybridized carbons (Fsp3) is 0.690. The zero-order chi connectivity index (χ0) is 24.6. The molecule has 2 amide bonds. The molecular weight excluding hydrogens is 468 g/mol. The van der Waals surface area contributed by atoms with Gasteiger partial charge in [-0.05, 0) is 74.8 Å². The van der Waals surface area contributed by atoms with E-state index in [9.17, 15) is 9.59 Å². The predicted octanol–water partition coefficient (Wildman–Crippen LogP) is 4.57. The van der Waals surface area contributed by atoms with Crippen LogP contribution in [0.4, 0.5) is 0 Å². The Morgan fingerprint density at radius 1 is 0.861 bits per heavy atom. The lowest BCUT2D eigenvalue weighted by molar-refractivity contribution is -0.142. The van der Waals surface area contributed by atoms with Crippen molar-refractivity contribution in [2.75, 3.05) is 39.3 Å². The number of likely N-dealkylation sites (tertiary alicyclic amines) is 1. The number of hydrogen-bond acceptors (Lipinski definition) is 5. The third kappa shape index (κ3) is 4.73. The van der Waals surface area contributed by atoms with E-state index in [0.29, 0.717) is 30.2 Å². The van der Waals surface area contributed by atoms with Gasteiger partial charge in [-0.25, -0.2) is 0 Å². The number of hydrogen-bond donors (Lipinski definition) is 0. The van der Waals surface area contributed by atoms with E-state index in [-0.39, 0.29) is 23.7 Å². The van der Waals surface area contributed by atoms with Crippen molar-refractivity contribution in [2.45, 2.75) is 56.8 Å². The number of amides is 2. The number of rotatable bonds is 6. The second-order valence-electron chi connectivity index (χ2n) is 11.8. The summed E-state index contributed by atoms with van der Waals surface area (Å²) >= 11 is 1.55. The Morgan fingerprint density at radius 3 is 2.11 bits per heavy atom. The van der Waals surface area contributed by atoms with E-state index < -0.39 is 0 Å². The average molecular weight is 509 g/mol. The van der Waals surface area contributed by atoms with E-state index in [1.54, 1.807) is 16.8 Å². The molecule has 0 aromatic heterocycles. The summed E-state index contributed by atoms with van der Waals surface area (Å²) in [6.45, 7) is 8.03. The zero-order valence-electron chi connectivity index (χ0n) is 21.6. The first kappa shape index (κ1) is 24.5. The van der Waals surface area contributed by atoms with Crippen molar-refractivity contribution in [1.29, 1.82) is 0 Å². The fourth-order valence-corrected chi connectivity index (χ4v) is 8.53. The Labute approximate surface area is 220 Å². The number of benzene rings is 1. The molecule has 0 spiro atoms. The number of fused-ring (bicyclic) bond motifs is 5. The number of imide groups is 1. The molecule has 36 heavy (non-hydrogen) atoms. The van der Waals surface area contributed by atoms with E-state index in [0.717, 1.165) is 64.2 Å². The second kappa shape index (κ2) is 10.5. The minimum Gasteiger partial charge on any atom is -0.357 e. The molecule has 0 N–H and O–H groups in total. The van der Waals surface area contributed by atoms with Crippen LogP contribution in [0.5, 0.6) is 0 Å². The van der Waals surface area contributed by atoms with Gasteiger partial charge in [0.1, 0.15) is 5.84 Å². The maximum atomic E-state index is 13.3. The number of piperazine rings is 1. The van der Waals surface area contributed by atoms with Gasteiger partial charge >= 0.3 is 0 Å². The summed E-state index contributed by atoms with van der Waals surface area (Å²) in [5.41, 5.74) is 0. The van der Waals surface area contributed by atoms with Gasteiger partial charge in [0.05, 0.1) is 11.8 Å². The molecule has 2 aliphatic heterocycles. The summed E-state index contributed by atoms with van der Waals surface area (Å²) in [5, 5.41) is 0. The Kier molecular flexibility index (Phi) is 7.13. The molecule has 5 fully saturated rings. The van der Waals surface area contributed by atoms with Gasteiger partial charge in [-0.2, -0.15) is 4.40 Å². The first-order chi connectivity index (χ1) is 17.6. The van der Waals surface area contributed by atoms with Crippen molar-refractivity contribution >= 4 is 29.6 Å². The molecule has 194 valence electrons. The topological polar surface area (TPSA) is 56.2 Å². The minimum atomic E-state index is 0.0244. The largest absolute Gasteiger partial charge is 0.357 e. The number of carbonyl (C=O) groups is 2. The van der Waals surface area contributed by atoms with Gasteiger partial charge in [-0.15, -0.1) is 0 Å². The summed E-state index contributed by atoms with van der Waals surface area (Å²) < 4.78 is 4.75. The third-order valence-electron chi connectivity index (χ3n) is 9.85. The zero-order valence-corrected chi connectivity index (χ0v) is 22.4. The van der Waals surface area contributed by atoms with Crippen molar-refractivity contribution in [2.24, 2.45) is 39.9 Å². The summed E-state index contributed by atoms with van der Waals surface area (Å²) in [6, 6.07) is 10.3. The van der Waals surface area contributed by atoms with E-state index in [2.05, 4.69) is 41.0 Å². The van der Waals surface area contributed by atoms with Gasteiger partial charge in [0.25, 0.3) is 0 Å². The molecule has 6 rings (SSSR count). The van der Waals surface area contributed by atoms with Crippen molar-refractivity contribution in [3.8, 4) is 0 Å². The maximum Gasteiger partial charge on any atom is 0.233 e. The normalized spacial score (nSPS) is 35.1. The van der Waals surface area contributed by atoms with Crippen molar-refractivity contribution in [1.82, 2.24) is 14.7 Å². The van der Waals surface area contributed by atoms with Crippen molar-refractivity contribution in [3.05, 3.63) is 30.3 Å². The van der Waals surface area contributed by atoms with Gasteiger partial charge in [-0.3, -0.25) is 19.4 Å². The number of nitrogens with zero attached hydrogens (tertiary/aromatic N) is 4. The molecule has 2 saturated heterocycles. The molecule has 3 aliphatic carbocycles. The predicted molar refractivity (Wildman–Crippen MR) is 143 cm³/mol. The van der Waals surface area contributed by atoms with Gasteiger partial charge in [0.2, 0.25) is 11.8 Å². The van der Waals surface area contributed by atoms with Crippen LogP contribution in [0.2, 0.25) is 0 Å². The van der Waals surface area contributed by atoms with Crippen LogP contribution in [-0.4, -0.2) is 71.6 Å². The van der Waals surface area contributed by atoms with Crippen LogP contribution in [0.15, 0.2) is 39.6 Å². The van der Waals surface area contributed by atoms with Crippen molar-refractivity contribution in [3.63, 3.8) is 0 Å². The Bertz CT molecular complexity index is 964. The molecule has 2 bridgehead atoms. The summed E-state index contributed by atoms with van der Waals surface area (Å²) in [5.74, 6) is 3.53. The summed E-state index contributed by atoms with van der Waals surface area (Å²) in [7, 11) is 0. The monoisotopic (exact) mass is 508 g/mol. The first-order valence-electron chi connectivity index (χ1n) is 14.2. The van der Waals surface area contributed by atoms with Crippen LogP contribution in [0.1, 0.15) is 51.9 Å². The van der Waals surface area contributed by atoms with Crippen LogP contribution < -0.4 is 0 Å². The lowest BCUT2D eigenvalue weighted by Gasteiger charge is -2.41. The molecule has 0 radical (unpaired) electrons. The summed E-state index contributed by atoms with van der Waals surface area (Å²) in [6.07, 6.45) is 8.34. The minimum absolute atomic E-state index is 0.0244. The van der Waals surface area contributed by atoms with Crippen molar-refractivity contribution < 1.29 is 9.59 Å². The molecule has 6 nitrogen and oxygen atoms in total. The fourth-order valence-electron chi connectivity index (χ4n) is 7.89. The molecule has 3 saturated carbocycles. The van der Waals surface area contributed by atoms with Crippen LogP contribution in [0, 0.1) is 35.5 Å². The van der Waals surface area contributed by atoms with E-state index in [4.69, 9.17) is 4.40 Å². The quantitative estimate of drug-likeness (QED) is 0.244. The smallest absolute Gasteiger partial charge is 0.233 e. The van der Waals surface area contributed by atoms with E-state index >= 15 is 0 Å². The van der Waals surface area contributed by atoms with E-state index in [1.807, 2.05) is 6.07 Å². The standard InChI is InChI=1S/C29H40N4O2S/c1-20(30-36-25-9-3-2-4-10-25)32-15-13-31(14-16-32)18-23-7-5-6-8-24(23)19-33-28(34)26-21-11-12-22(17-21)27(26)29(33)35/h2-4,9-10,21-24,26-27H,5-8,11-19H2,1H3/t21-,22-,23+,24+,26-,27+/m1/s1. The highest BCUT2D eigenvalue weighted by Gasteiger charge is 2.61. The van der Waals surface area contributed by atoms with E-state index in [1.165, 1.54) is 24.2 Å². The molecule has 0 unspecified atom stereocenters. The lowest BCUT2D eigenvalue weighted by Crippen LogP contribution is -2.50.